The Hall–Kier alpha value is 0.0900. The zero-order valence-electron chi connectivity index (χ0n) is 8.65. The molecule has 0 aliphatic carbocycles. The molecule has 0 aromatic heterocycles. The van der Waals surface area contributed by atoms with Gasteiger partial charge in [-0.15, -0.1) is 0 Å². The topological polar surface area (TPSA) is 12.0 Å². The van der Waals surface area contributed by atoms with Crippen LogP contribution in [0.2, 0.25) is 5.02 Å². The number of hydrogen-bond donors (Lipinski definition) is 1. The molecule has 0 aliphatic rings. The molecule has 1 rings (SSSR count). The van der Waals surface area contributed by atoms with Crippen molar-refractivity contribution in [3.63, 3.8) is 0 Å². The maximum absolute atomic E-state index is 11.8. The standard InChI is InChI=1S/C10H10BrClF3NS/c11-9-5-8(12)2-1-7(9)6-16-3-4-17-10(13,14)15/h1-2,5,16H,3-4,6H2. The zero-order valence-corrected chi connectivity index (χ0v) is 11.8. The number of alkyl halides is 3. The van der Waals surface area contributed by atoms with Crippen LogP contribution < -0.4 is 5.32 Å². The van der Waals surface area contributed by atoms with Gasteiger partial charge in [-0.05, 0) is 29.5 Å². The molecule has 96 valence electrons. The molecule has 0 bridgehead atoms. The molecule has 1 nitrogen and oxygen atoms in total. The first-order chi connectivity index (χ1) is 7.88. The quantitative estimate of drug-likeness (QED) is 0.789. The van der Waals surface area contributed by atoms with Gasteiger partial charge in [0.15, 0.2) is 0 Å². The molecule has 0 aliphatic heterocycles. The van der Waals surface area contributed by atoms with Crippen molar-refractivity contribution in [1.82, 2.24) is 5.32 Å². The number of thioether (sulfide) groups is 1. The highest BCUT2D eigenvalue weighted by molar-refractivity contribution is 9.10. The average Bonchev–Trinajstić information content (AvgIpc) is 2.18. The Kier molecular flexibility index (Phi) is 6.12. The van der Waals surface area contributed by atoms with Crippen LogP contribution in [0.1, 0.15) is 5.56 Å². The van der Waals surface area contributed by atoms with Gasteiger partial charge in [-0.2, -0.15) is 13.2 Å². The van der Waals surface area contributed by atoms with Crippen LogP contribution >= 0.6 is 39.3 Å². The van der Waals surface area contributed by atoms with Gasteiger partial charge in [-0.25, -0.2) is 0 Å². The lowest BCUT2D eigenvalue weighted by atomic mass is 10.2. The third-order valence-electron chi connectivity index (χ3n) is 1.88. The highest BCUT2D eigenvalue weighted by Crippen LogP contribution is 2.29. The number of halogens is 5. The molecule has 17 heavy (non-hydrogen) atoms. The number of rotatable bonds is 5. The summed E-state index contributed by atoms with van der Waals surface area (Å²) in [5.74, 6) is 0.00864. The first-order valence-electron chi connectivity index (χ1n) is 4.74. The van der Waals surface area contributed by atoms with Crippen LogP contribution in [0, 0.1) is 0 Å². The molecular formula is C10H10BrClF3NS. The Bertz CT molecular complexity index is 373. The Morgan fingerprint density at radius 3 is 2.65 bits per heavy atom. The van der Waals surface area contributed by atoms with E-state index in [9.17, 15) is 13.2 Å². The van der Waals surface area contributed by atoms with Crippen LogP contribution in [0.3, 0.4) is 0 Å². The fourth-order valence-corrected chi connectivity index (χ4v) is 2.43. The Morgan fingerprint density at radius 1 is 1.35 bits per heavy atom. The van der Waals surface area contributed by atoms with E-state index in [4.69, 9.17) is 11.6 Å². The molecule has 0 radical (unpaired) electrons. The molecule has 0 saturated heterocycles. The second kappa shape index (κ2) is 6.87. The summed E-state index contributed by atoms with van der Waals surface area (Å²) in [6.45, 7) is 0.815. The van der Waals surface area contributed by atoms with Gasteiger partial charge in [0.2, 0.25) is 0 Å². The second-order valence-electron chi connectivity index (χ2n) is 3.21. The number of hydrogen-bond acceptors (Lipinski definition) is 2. The largest absolute Gasteiger partial charge is 0.441 e. The van der Waals surface area contributed by atoms with Gasteiger partial charge >= 0.3 is 5.51 Å². The van der Waals surface area contributed by atoms with Crippen molar-refractivity contribution in [2.24, 2.45) is 0 Å². The van der Waals surface area contributed by atoms with E-state index in [1.54, 1.807) is 12.1 Å². The molecule has 0 atom stereocenters. The van der Waals surface area contributed by atoms with Gasteiger partial charge in [-0.1, -0.05) is 33.6 Å². The molecule has 7 heteroatoms. The molecule has 1 aromatic rings. The van der Waals surface area contributed by atoms with E-state index >= 15 is 0 Å². The van der Waals surface area contributed by atoms with E-state index in [2.05, 4.69) is 21.2 Å². The maximum Gasteiger partial charge on any atom is 0.441 e. The fourth-order valence-electron chi connectivity index (χ4n) is 1.13. The molecule has 1 N–H and O–H groups in total. The highest BCUT2D eigenvalue weighted by Gasteiger charge is 2.27. The molecule has 0 spiro atoms. The first kappa shape index (κ1) is 15.1. The summed E-state index contributed by atoms with van der Waals surface area (Å²) in [5, 5.41) is 3.56. The molecular weight excluding hydrogens is 339 g/mol. The zero-order chi connectivity index (χ0) is 12.9. The lowest BCUT2D eigenvalue weighted by Gasteiger charge is -2.08. The van der Waals surface area contributed by atoms with Crippen molar-refractivity contribution < 1.29 is 13.2 Å². The fraction of sp³-hybridized carbons (Fsp3) is 0.400. The number of nitrogens with one attached hydrogen (secondary N) is 1. The molecule has 1 aromatic carbocycles. The van der Waals surface area contributed by atoms with Crippen LogP contribution in [-0.4, -0.2) is 17.8 Å². The summed E-state index contributed by atoms with van der Waals surface area (Å²) < 4.78 is 36.3. The van der Waals surface area contributed by atoms with E-state index in [1.165, 1.54) is 0 Å². The van der Waals surface area contributed by atoms with Gasteiger partial charge in [0.1, 0.15) is 0 Å². The molecule has 0 heterocycles. The lowest BCUT2D eigenvalue weighted by Crippen LogP contribution is -2.18. The Labute approximate surface area is 115 Å². The predicted octanol–water partition coefficient (Wildman–Crippen LogP) is 4.45. The van der Waals surface area contributed by atoms with E-state index in [-0.39, 0.29) is 17.5 Å². The monoisotopic (exact) mass is 347 g/mol. The summed E-state index contributed by atoms with van der Waals surface area (Å²) in [6.07, 6.45) is 0. The Balaban J connectivity index is 2.27. The summed E-state index contributed by atoms with van der Waals surface area (Å²) in [5.41, 5.74) is -3.19. The van der Waals surface area contributed by atoms with E-state index in [0.717, 1.165) is 10.0 Å². The lowest BCUT2D eigenvalue weighted by molar-refractivity contribution is -0.0327. The third-order valence-corrected chi connectivity index (χ3v) is 3.58. The summed E-state index contributed by atoms with van der Waals surface area (Å²) in [7, 11) is 0. The predicted molar refractivity (Wildman–Crippen MR) is 69.4 cm³/mol. The van der Waals surface area contributed by atoms with Crippen LogP contribution in [0.5, 0.6) is 0 Å². The molecule has 0 unspecified atom stereocenters. The third kappa shape index (κ3) is 6.55. The minimum Gasteiger partial charge on any atom is -0.312 e. The highest BCUT2D eigenvalue weighted by atomic mass is 79.9. The van der Waals surface area contributed by atoms with Crippen LogP contribution in [0.4, 0.5) is 13.2 Å². The van der Waals surface area contributed by atoms with Crippen molar-refractivity contribution >= 4 is 39.3 Å². The van der Waals surface area contributed by atoms with Crippen molar-refractivity contribution in [3.8, 4) is 0 Å². The van der Waals surface area contributed by atoms with E-state index in [1.807, 2.05) is 6.07 Å². The van der Waals surface area contributed by atoms with E-state index < -0.39 is 5.51 Å². The van der Waals surface area contributed by atoms with Crippen molar-refractivity contribution in [3.05, 3.63) is 33.3 Å². The van der Waals surface area contributed by atoms with Crippen molar-refractivity contribution in [1.29, 1.82) is 0 Å². The van der Waals surface area contributed by atoms with Crippen LogP contribution in [0.25, 0.3) is 0 Å². The first-order valence-corrected chi connectivity index (χ1v) is 6.89. The molecule has 0 fully saturated rings. The summed E-state index contributed by atoms with van der Waals surface area (Å²) >= 11 is 9.09. The molecule has 0 amide bonds. The minimum absolute atomic E-state index is 0.00864. The van der Waals surface area contributed by atoms with Gasteiger partial charge in [0.25, 0.3) is 0 Å². The minimum atomic E-state index is -4.15. The summed E-state index contributed by atoms with van der Waals surface area (Å²) in [6, 6.07) is 5.33. The van der Waals surface area contributed by atoms with Crippen LogP contribution in [0.15, 0.2) is 22.7 Å². The SMILES string of the molecule is FC(F)(F)SCCNCc1ccc(Cl)cc1Br. The average molecular weight is 349 g/mol. The second-order valence-corrected chi connectivity index (χ2v) is 5.66. The smallest absolute Gasteiger partial charge is 0.312 e. The Morgan fingerprint density at radius 2 is 2.06 bits per heavy atom. The molecule has 0 saturated carbocycles. The van der Waals surface area contributed by atoms with Crippen molar-refractivity contribution in [2.45, 2.75) is 12.1 Å². The summed E-state index contributed by atoms with van der Waals surface area (Å²) in [4.78, 5) is 0. The normalized spacial score (nSPS) is 11.8. The van der Waals surface area contributed by atoms with Crippen molar-refractivity contribution in [2.75, 3.05) is 12.3 Å². The maximum atomic E-state index is 11.8. The van der Waals surface area contributed by atoms with Gasteiger partial charge < -0.3 is 5.32 Å². The van der Waals surface area contributed by atoms with Gasteiger partial charge in [-0.3, -0.25) is 0 Å². The van der Waals surface area contributed by atoms with E-state index in [0.29, 0.717) is 18.1 Å². The number of benzene rings is 1. The van der Waals surface area contributed by atoms with Crippen LogP contribution in [-0.2, 0) is 6.54 Å². The van der Waals surface area contributed by atoms with Gasteiger partial charge in [0.05, 0.1) is 0 Å². The van der Waals surface area contributed by atoms with Gasteiger partial charge in [0, 0.05) is 28.3 Å².